The number of piperidine rings is 1. The molecule has 2 fully saturated rings. The number of rotatable bonds is 1. The predicted octanol–water partition coefficient (Wildman–Crippen LogP) is 3.28. The maximum absolute atomic E-state index is 6.00. The molecule has 1 nitrogen and oxygen atoms in total. The Hall–Kier alpha value is 0.0500. The summed E-state index contributed by atoms with van der Waals surface area (Å²) in [6, 6.07) is 5.91. The molecule has 0 amide bonds. The summed E-state index contributed by atoms with van der Waals surface area (Å²) in [5.74, 6) is 0.803. The fourth-order valence-corrected chi connectivity index (χ4v) is 3.16. The zero-order chi connectivity index (χ0) is 9.76. The molecule has 4 heteroatoms. The highest BCUT2D eigenvalue weighted by Crippen LogP contribution is 2.56. The van der Waals surface area contributed by atoms with Crippen molar-refractivity contribution in [1.82, 2.24) is 5.32 Å². The molecular weight excluding hydrogens is 252 g/mol. The van der Waals surface area contributed by atoms with Crippen LogP contribution in [-0.2, 0) is 5.41 Å². The van der Waals surface area contributed by atoms with Gasteiger partial charge < -0.3 is 5.32 Å². The van der Waals surface area contributed by atoms with Crippen molar-refractivity contribution in [3.05, 3.63) is 33.8 Å². The van der Waals surface area contributed by atoms with E-state index in [9.17, 15) is 0 Å². The molecule has 1 aromatic carbocycles. The number of halogens is 3. The van der Waals surface area contributed by atoms with Crippen LogP contribution in [0.5, 0.6) is 0 Å². The van der Waals surface area contributed by atoms with Crippen LogP contribution in [0.3, 0.4) is 0 Å². The number of fused-ring (bicyclic) bond motifs is 1. The van der Waals surface area contributed by atoms with Gasteiger partial charge in [-0.1, -0.05) is 23.2 Å². The van der Waals surface area contributed by atoms with Gasteiger partial charge in [-0.15, -0.1) is 12.4 Å². The third kappa shape index (κ3) is 1.76. The highest BCUT2D eigenvalue weighted by Gasteiger charge is 2.58. The average molecular weight is 265 g/mol. The molecule has 82 valence electrons. The Morgan fingerprint density at radius 3 is 2.33 bits per heavy atom. The maximum atomic E-state index is 6.00. The highest BCUT2D eigenvalue weighted by atomic mass is 35.5. The van der Waals surface area contributed by atoms with Gasteiger partial charge in [-0.05, 0) is 42.6 Å². The first-order valence-electron chi connectivity index (χ1n) is 4.88. The van der Waals surface area contributed by atoms with E-state index in [1.165, 1.54) is 12.0 Å². The summed E-state index contributed by atoms with van der Waals surface area (Å²) in [6.45, 7) is 2.22. The minimum absolute atomic E-state index is 0. The lowest BCUT2D eigenvalue weighted by Gasteiger charge is -2.12. The molecule has 2 atom stereocenters. The molecule has 0 bridgehead atoms. The molecule has 2 unspecified atom stereocenters. The lowest BCUT2D eigenvalue weighted by atomic mass is 9.95. The van der Waals surface area contributed by atoms with Crippen molar-refractivity contribution < 1.29 is 0 Å². The van der Waals surface area contributed by atoms with Crippen LogP contribution in [0.25, 0.3) is 0 Å². The maximum Gasteiger partial charge on any atom is 0.0423 e. The predicted molar refractivity (Wildman–Crippen MR) is 66.4 cm³/mol. The van der Waals surface area contributed by atoms with Gasteiger partial charge in [0, 0.05) is 22.0 Å². The van der Waals surface area contributed by atoms with Crippen molar-refractivity contribution in [2.24, 2.45) is 5.92 Å². The van der Waals surface area contributed by atoms with E-state index in [1.54, 1.807) is 6.07 Å². The first-order chi connectivity index (χ1) is 6.71. The smallest absolute Gasteiger partial charge is 0.0423 e. The Kier molecular flexibility index (Phi) is 2.93. The quantitative estimate of drug-likeness (QED) is 0.821. The fourth-order valence-electron chi connectivity index (χ4n) is 2.63. The van der Waals surface area contributed by atoms with Crippen molar-refractivity contribution in [3.63, 3.8) is 0 Å². The van der Waals surface area contributed by atoms with Gasteiger partial charge in [0.05, 0.1) is 0 Å². The van der Waals surface area contributed by atoms with E-state index in [-0.39, 0.29) is 12.4 Å². The second-order valence-electron chi connectivity index (χ2n) is 4.35. The molecular formula is C11H12Cl3N. The van der Waals surface area contributed by atoms with Gasteiger partial charge in [0.25, 0.3) is 0 Å². The average Bonchev–Trinajstić information content (AvgIpc) is 2.69. The van der Waals surface area contributed by atoms with Crippen LogP contribution in [0.2, 0.25) is 10.0 Å². The molecule has 1 saturated carbocycles. The summed E-state index contributed by atoms with van der Waals surface area (Å²) < 4.78 is 0. The second-order valence-corrected chi connectivity index (χ2v) is 5.22. The first-order valence-corrected chi connectivity index (χ1v) is 5.64. The Labute approximate surface area is 106 Å². The number of hydrogen-bond acceptors (Lipinski definition) is 1. The Morgan fingerprint density at radius 2 is 1.87 bits per heavy atom. The first kappa shape index (κ1) is 11.5. The SMILES string of the molecule is Cl.Clc1cc(Cl)cc(C23CNCC2C3)c1. The Balaban J connectivity index is 0.000000853. The van der Waals surface area contributed by atoms with E-state index in [0.717, 1.165) is 29.1 Å². The van der Waals surface area contributed by atoms with E-state index in [0.29, 0.717) is 5.41 Å². The Morgan fingerprint density at radius 1 is 1.20 bits per heavy atom. The molecule has 15 heavy (non-hydrogen) atoms. The number of hydrogen-bond donors (Lipinski definition) is 1. The van der Waals surface area contributed by atoms with E-state index >= 15 is 0 Å². The Bertz CT molecular complexity index is 373. The fraction of sp³-hybridized carbons (Fsp3) is 0.455. The largest absolute Gasteiger partial charge is 0.316 e. The molecule has 1 N–H and O–H groups in total. The van der Waals surface area contributed by atoms with Crippen LogP contribution >= 0.6 is 35.6 Å². The third-order valence-electron chi connectivity index (χ3n) is 3.50. The summed E-state index contributed by atoms with van der Waals surface area (Å²) in [5, 5.41) is 4.91. The van der Waals surface area contributed by atoms with Gasteiger partial charge in [-0.3, -0.25) is 0 Å². The summed E-state index contributed by atoms with van der Waals surface area (Å²) in [4.78, 5) is 0. The van der Waals surface area contributed by atoms with E-state index in [2.05, 4.69) is 17.4 Å². The second kappa shape index (κ2) is 3.81. The zero-order valence-electron chi connectivity index (χ0n) is 8.09. The van der Waals surface area contributed by atoms with E-state index in [1.807, 2.05) is 0 Å². The normalized spacial score (nSPS) is 32.0. The van der Waals surface area contributed by atoms with Crippen molar-refractivity contribution >= 4 is 35.6 Å². The molecule has 0 radical (unpaired) electrons. The van der Waals surface area contributed by atoms with Crippen molar-refractivity contribution in [3.8, 4) is 0 Å². The van der Waals surface area contributed by atoms with Crippen LogP contribution in [0.4, 0.5) is 0 Å². The van der Waals surface area contributed by atoms with Gasteiger partial charge in [0.15, 0.2) is 0 Å². The lowest BCUT2D eigenvalue weighted by molar-refractivity contribution is 0.676. The molecule has 1 aliphatic carbocycles. The van der Waals surface area contributed by atoms with Crippen LogP contribution in [-0.4, -0.2) is 13.1 Å². The number of benzene rings is 1. The molecule has 1 aromatic rings. The molecule has 2 aliphatic rings. The standard InChI is InChI=1S/C11H11Cl2N.ClH/c12-9-1-7(2-10(13)3-9)11-4-8(11)5-14-6-11;/h1-3,8,14H,4-6H2;1H. The summed E-state index contributed by atoms with van der Waals surface area (Å²) in [7, 11) is 0. The molecule has 1 saturated heterocycles. The lowest BCUT2D eigenvalue weighted by Crippen LogP contribution is -2.19. The van der Waals surface area contributed by atoms with Gasteiger partial charge in [-0.2, -0.15) is 0 Å². The zero-order valence-corrected chi connectivity index (χ0v) is 10.4. The van der Waals surface area contributed by atoms with Gasteiger partial charge in [0.2, 0.25) is 0 Å². The summed E-state index contributed by atoms with van der Waals surface area (Å²) in [5.41, 5.74) is 1.67. The van der Waals surface area contributed by atoms with Gasteiger partial charge in [-0.25, -0.2) is 0 Å². The third-order valence-corrected chi connectivity index (χ3v) is 3.94. The summed E-state index contributed by atoms with van der Waals surface area (Å²) >= 11 is 12.0. The molecule has 3 rings (SSSR count). The monoisotopic (exact) mass is 263 g/mol. The molecule has 0 aromatic heterocycles. The van der Waals surface area contributed by atoms with Crippen molar-refractivity contribution in [2.45, 2.75) is 11.8 Å². The molecule has 0 spiro atoms. The molecule has 1 aliphatic heterocycles. The summed E-state index contributed by atoms with van der Waals surface area (Å²) in [6.07, 6.45) is 1.29. The minimum Gasteiger partial charge on any atom is -0.316 e. The van der Waals surface area contributed by atoms with Crippen LogP contribution < -0.4 is 5.32 Å². The topological polar surface area (TPSA) is 12.0 Å². The van der Waals surface area contributed by atoms with Crippen LogP contribution in [0.15, 0.2) is 18.2 Å². The van der Waals surface area contributed by atoms with E-state index < -0.39 is 0 Å². The highest BCUT2D eigenvalue weighted by molar-refractivity contribution is 6.34. The van der Waals surface area contributed by atoms with Crippen molar-refractivity contribution in [2.75, 3.05) is 13.1 Å². The minimum atomic E-state index is 0. The van der Waals surface area contributed by atoms with Crippen LogP contribution in [0.1, 0.15) is 12.0 Å². The van der Waals surface area contributed by atoms with Crippen molar-refractivity contribution in [1.29, 1.82) is 0 Å². The van der Waals surface area contributed by atoms with Gasteiger partial charge >= 0.3 is 0 Å². The van der Waals surface area contributed by atoms with Crippen LogP contribution in [0, 0.1) is 5.92 Å². The molecule has 1 heterocycles. The van der Waals surface area contributed by atoms with E-state index in [4.69, 9.17) is 23.2 Å². The number of nitrogens with one attached hydrogen (secondary N) is 1. The van der Waals surface area contributed by atoms with Gasteiger partial charge in [0.1, 0.15) is 0 Å².